The van der Waals surface area contributed by atoms with E-state index < -0.39 is 11.8 Å². The summed E-state index contributed by atoms with van der Waals surface area (Å²) in [5, 5.41) is 4.86. The average molecular weight is 341 g/mol. The van der Waals surface area contributed by atoms with Crippen LogP contribution in [0.1, 0.15) is 11.3 Å². The molecule has 1 saturated heterocycles. The maximum absolute atomic E-state index is 11.9. The molecule has 1 fully saturated rings. The highest BCUT2D eigenvalue weighted by Crippen LogP contribution is 2.20. The number of benzene rings is 1. The Labute approximate surface area is 144 Å². The van der Waals surface area contributed by atoms with Crippen LogP contribution in [0.25, 0.3) is 11.8 Å². The molecule has 1 aromatic heterocycles. The van der Waals surface area contributed by atoms with Crippen LogP contribution >= 0.6 is 12.2 Å². The van der Waals surface area contributed by atoms with Crippen molar-refractivity contribution in [3.63, 3.8) is 0 Å². The van der Waals surface area contributed by atoms with Gasteiger partial charge in [-0.2, -0.15) is 0 Å². The van der Waals surface area contributed by atoms with E-state index in [9.17, 15) is 9.59 Å². The Morgan fingerprint density at radius 2 is 1.75 bits per heavy atom. The molecule has 1 aliphatic rings. The maximum atomic E-state index is 11.9. The number of ether oxygens (including phenoxy) is 1. The first-order valence-corrected chi connectivity index (χ1v) is 7.60. The van der Waals surface area contributed by atoms with Gasteiger partial charge in [0.05, 0.1) is 7.11 Å². The second-order valence-electron chi connectivity index (χ2n) is 5.28. The summed E-state index contributed by atoms with van der Waals surface area (Å²) in [6.07, 6.45) is 3.40. The summed E-state index contributed by atoms with van der Waals surface area (Å²) in [5.41, 5.74) is 2.70. The first kappa shape index (κ1) is 15.9. The van der Waals surface area contributed by atoms with Crippen LogP contribution in [0.15, 0.2) is 42.1 Å². The van der Waals surface area contributed by atoms with Crippen LogP contribution < -0.4 is 15.4 Å². The zero-order chi connectivity index (χ0) is 17.3. The molecule has 2 amide bonds. The minimum Gasteiger partial charge on any atom is -0.497 e. The van der Waals surface area contributed by atoms with Gasteiger partial charge in [-0.3, -0.25) is 20.2 Å². The van der Waals surface area contributed by atoms with E-state index in [1.807, 2.05) is 48.0 Å². The van der Waals surface area contributed by atoms with Crippen molar-refractivity contribution in [1.29, 1.82) is 0 Å². The second kappa shape index (κ2) is 6.29. The number of thiocarbonyl (C=S) groups is 1. The van der Waals surface area contributed by atoms with Crippen molar-refractivity contribution < 1.29 is 14.3 Å². The van der Waals surface area contributed by atoms with Crippen molar-refractivity contribution in [3.8, 4) is 11.4 Å². The highest BCUT2D eigenvalue weighted by molar-refractivity contribution is 7.80. The molecule has 0 aliphatic carbocycles. The Hall–Kier alpha value is -2.93. The lowest BCUT2D eigenvalue weighted by Gasteiger charge is -2.15. The zero-order valence-corrected chi connectivity index (χ0v) is 13.9. The highest BCUT2D eigenvalue weighted by Gasteiger charge is 2.25. The predicted octanol–water partition coefficient (Wildman–Crippen LogP) is 1.71. The van der Waals surface area contributed by atoms with E-state index in [-0.39, 0.29) is 10.7 Å². The van der Waals surface area contributed by atoms with E-state index in [4.69, 9.17) is 17.0 Å². The molecule has 24 heavy (non-hydrogen) atoms. The summed E-state index contributed by atoms with van der Waals surface area (Å²) in [6, 6.07) is 9.50. The van der Waals surface area contributed by atoms with Crippen LogP contribution in [0.5, 0.6) is 5.75 Å². The molecule has 122 valence electrons. The molecule has 3 rings (SSSR count). The van der Waals surface area contributed by atoms with E-state index in [0.717, 1.165) is 22.7 Å². The van der Waals surface area contributed by atoms with Gasteiger partial charge in [0, 0.05) is 17.6 Å². The lowest BCUT2D eigenvalue weighted by Crippen LogP contribution is -2.51. The number of nitrogens with zero attached hydrogens (tertiary/aromatic N) is 1. The fourth-order valence-corrected chi connectivity index (χ4v) is 2.66. The number of nitrogens with one attached hydrogen (secondary N) is 2. The van der Waals surface area contributed by atoms with Gasteiger partial charge in [-0.25, -0.2) is 0 Å². The molecular weight excluding hydrogens is 326 g/mol. The number of hydrogen-bond acceptors (Lipinski definition) is 4. The smallest absolute Gasteiger partial charge is 0.263 e. The van der Waals surface area contributed by atoms with Crippen molar-refractivity contribution in [1.82, 2.24) is 15.2 Å². The van der Waals surface area contributed by atoms with Gasteiger partial charge in [-0.1, -0.05) is 0 Å². The number of amides is 2. The standard InChI is InChI=1S/C17H15N3O3S/c1-10-7-11(8-14-15(21)18-17(24)19-16(14)22)9-20(10)12-3-5-13(23-2)6-4-12/h3-9H,1-2H3,(H2,18,19,21,22,24). The Morgan fingerprint density at radius 1 is 1.12 bits per heavy atom. The molecule has 2 heterocycles. The minimum absolute atomic E-state index is 0.0223. The van der Waals surface area contributed by atoms with Crippen LogP contribution in [-0.2, 0) is 9.59 Å². The Balaban J connectivity index is 1.93. The monoisotopic (exact) mass is 341 g/mol. The number of aromatic nitrogens is 1. The fraction of sp³-hybridized carbons (Fsp3) is 0.118. The Morgan fingerprint density at radius 3 is 2.33 bits per heavy atom. The summed E-state index contributed by atoms with van der Waals surface area (Å²) < 4.78 is 7.12. The predicted molar refractivity (Wildman–Crippen MR) is 93.9 cm³/mol. The number of aryl methyl sites for hydroxylation is 1. The molecule has 0 spiro atoms. The summed E-state index contributed by atoms with van der Waals surface area (Å²) in [7, 11) is 1.62. The van der Waals surface area contributed by atoms with Crippen molar-refractivity contribution in [2.75, 3.05) is 7.11 Å². The van der Waals surface area contributed by atoms with Crippen molar-refractivity contribution in [3.05, 3.63) is 53.4 Å². The van der Waals surface area contributed by atoms with Gasteiger partial charge in [0.2, 0.25) is 0 Å². The van der Waals surface area contributed by atoms with Crippen LogP contribution in [-0.4, -0.2) is 28.6 Å². The Bertz CT molecular complexity index is 844. The number of methoxy groups -OCH3 is 1. The first-order valence-electron chi connectivity index (χ1n) is 7.19. The maximum Gasteiger partial charge on any atom is 0.263 e. The molecule has 7 heteroatoms. The molecule has 0 unspecified atom stereocenters. The number of carbonyl (C=O) groups is 2. The van der Waals surface area contributed by atoms with Crippen molar-refractivity contribution in [2.24, 2.45) is 0 Å². The minimum atomic E-state index is -0.501. The third kappa shape index (κ3) is 3.07. The quantitative estimate of drug-likeness (QED) is 0.506. The molecular formula is C17H15N3O3S. The van der Waals surface area contributed by atoms with Gasteiger partial charge < -0.3 is 9.30 Å². The molecule has 1 aliphatic heterocycles. The van der Waals surface area contributed by atoms with Gasteiger partial charge >= 0.3 is 0 Å². The summed E-state index contributed by atoms with van der Waals surface area (Å²) in [5.74, 6) is -0.227. The lowest BCUT2D eigenvalue weighted by atomic mass is 10.1. The van der Waals surface area contributed by atoms with Gasteiger partial charge in [-0.05, 0) is 61.1 Å². The number of hydrogen-bond donors (Lipinski definition) is 2. The van der Waals surface area contributed by atoms with Crippen LogP contribution in [0.2, 0.25) is 0 Å². The highest BCUT2D eigenvalue weighted by atomic mass is 32.1. The average Bonchev–Trinajstić information content (AvgIpc) is 2.91. The normalized spacial score (nSPS) is 14.2. The molecule has 0 bridgehead atoms. The third-order valence-electron chi connectivity index (χ3n) is 3.64. The number of carbonyl (C=O) groups excluding carboxylic acids is 2. The topological polar surface area (TPSA) is 72.4 Å². The van der Waals surface area contributed by atoms with Gasteiger partial charge in [-0.15, -0.1) is 0 Å². The SMILES string of the molecule is COc1ccc(-n2cc(C=C3C(=O)NC(=S)NC3=O)cc2C)cc1. The van der Waals surface area contributed by atoms with E-state index >= 15 is 0 Å². The van der Waals surface area contributed by atoms with Crippen LogP contribution in [0.4, 0.5) is 0 Å². The first-order chi connectivity index (χ1) is 11.5. The fourth-order valence-electron chi connectivity index (χ4n) is 2.47. The van der Waals surface area contributed by atoms with E-state index in [0.29, 0.717) is 0 Å². The van der Waals surface area contributed by atoms with E-state index in [1.165, 1.54) is 0 Å². The van der Waals surface area contributed by atoms with Crippen LogP contribution in [0.3, 0.4) is 0 Å². The zero-order valence-electron chi connectivity index (χ0n) is 13.1. The third-order valence-corrected chi connectivity index (χ3v) is 3.84. The van der Waals surface area contributed by atoms with Gasteiger partial charge in [0.1, 0.15) is 11.3 Å². The molecule has 0 radical (unpaired) electrons. The Kier molecular flexibility index (Phi) is 4.18. The molecule has 0 atom stereocenters. The second-order valence-corrected chi connectivity index (χ2v) is 5.69. The van der Waals surface area contributed by atoms with Crippen molar-refractivity contribution >= 4 is 35.2 Å². The van der Waals surface area contributed by atoms with E-state index in [1.54, 1.807) is 13.2 Å². The van der Waals surface area contributed by atoms with Gasteiger partial charge in [0.25, 0.3) is 11.8 Å². The molecule has 1 aromatic carbocycles. The van der Waals surface area contributed by atoms with E-state index in [2.05, 4.69) is 10.6 Å². The molecule has 2 N–H and O–H groups in total. The van der Waals surface area contributed by atoms with Gasteiger partial charge in [0.15, 0.2) is 5.11 Å². The summed E-state index contributed by atoms with van der Waals surface area (Å²) in [6.45, 7) is 1.95. The molecule has 6 nitrogen and oxygen atoms in total. The lowest BCUT2D eigenvalue weighted by molar-refractivity contribution is -0.123. The summed E-state index contributed by atoms with van der Waals surface area (Å²) in [4.78, 5) is 23.8. The van der Waals surface area contributed by atoms with Crippen molar-refractivity contribution in [2.45, 2.75) is 6.92 Å². The summed E-state index contributed by atoms with van der Waals surface area (Å²) >= 11 is 4.78. The van der Waals surface area contributed by atoms with Crippen LogP contribution in [0, 0.1) is 6.92 Å². The largest absolute Gasteiger partial charge is 0.497 e. The number of rotatable bonds is 3. The molecule has 0 saturated carbocycles. The molecule has 2 aromatic rings.